The lowest BCUT2D eigenvalue weighted by Crippen LogP contribution is -2.08. The molecule has 1 fully saturated rings. The molecule has 0 bridgehead atoms. The number of carbonyl (C=O) groups excluding carboxylic acids is 1. The summed E-state index contributed by atoms with van der Waals surface area (Å²) in [6.45, 7) is 5.80. The highest BCUT2D eigenvalue weighted by Gasteiger charge is 2.22. The third-order valence-corrected chi connectivity index (χ3v) is 1.90. The van der Waals surface area contributed by atoms with E-state index in [9.17, 15) is 4.79 Å². The third kappa shape index (κ3) is 3.83. The lowest BCUT2D eigenvalue weighted by atomic mass is 10.1. The van der Waals surface area contributed by atoms with Gasteiger partial charge in [-0.15, -0.1) is 0 Å². The van der Waals surface area contributed by atoms with Crippen LogP contribution in [0.4, 0.5) is 0 Å². The van der Waals surface area contributed by atoms with Crippen LogP contribution in [0.25, 0.3) is 0 Å². The fraction of sp³-hybridized carbons (Fsp3) is 0.778. The number of hydrogen-bond acceptors (Lipinski definition) is 3. The molecule has 1 rings (SSSR count). The first kappa shape index (κ1) is 9.68. The zero-order valence-electron chi connectivity index (χ0n) is 7.20. The number of rotatable bonds is 7. The van der Waals surface area contributed by atoms with Crippen LogP contribution in [0, 0.1) is 12.8 Å². The summed E-state index contributed by atoms with van der Waals surface area (Å²) in [4.78, 5) is 10.4. The minimum atomic E-state index is 0.0603. The van der Waals surface area contributed by atoms with Gasteiger partial charge in [0.15, 0.2) is 0 Å². The number of epoxide rings is 1. The van der Waals surface area contributed by atoms with E-state index in [-0.39, 0.29) is 5.92 Å². The van der Waals surface area contributed by atoms with Crippen LogP contribution in [-0.4, -0.2) is 32.2 Å². The van der Waals surface area contributed by atoms with Crippen molar-refractivity contribution in [3.05, 3.63) is 6.92 Å². The SMILES string of the molecule is [CH2]CC(C=O)CCOCC1CO1. The van der Waals surface area contributed by atoms with Gasteiger partial charge in [-0.1, -0.05) is 6.92 Å². The van der Waals surface area contributed by atoms with Crippen molar-refractivity contribution in [1.29, 1.82) is 0 Å². The first-order valence-corrected chi connectivity index (χ1v) is 4.30. The Bertz CT molecular complexity index is 132. The minimum Gasteiger partial charge on any atom is -0.379 e. The number of carbonyl (C=O) groups is 1. The van der Waals surface area contributed by atoms with Crippen LogP contribution < -0.4 is 0 Å². The van der Waals surface area contributed by atoms with Gasteiger partial charge in [0.1, 0.15) is 12.4 Å². The topological polar surface area (TPSA) is 38.8 Å². The molecule has 12 heavy (non-hydrogen) atoms. The molecule has 1 radical (unpaired) electrons. The predicted molar refractivity (Wildman–Crippen MR) is 44.7 cm³/mol. The van der Waals surface area contributed by atoms with Crippen LogP contribution >= 0.6 is 0 Å². The van der Waals surface area contributed by atoms with Gasteiger partial charge in [-0.25, -0.2) is 0 Å². The van der Waals surface area contributed by atoms with Gasteiger partial charge in [0, 0.05) is 12.5 Å². The summed E-state index contributed by atoms with van der Waals surface area (Å²) in [5.74, 6) is 0.0603. The van der Waals surface area contributed by atoms with Crippen LogP contribution in [0.1, 0.15) is 12.8 Å². The highest BCUT2D eigenvalue weighted by molar-refractivity contribution is 5.53. The molecular weight excluding hydrogens is 156 g/mol. The standard InChI is InChI=1S/C9H15O3/c1-2-8(5-10)3-4-11-6-9-7-12-9/h5,8-9H,1-4,6-7H2. The van der Waals surface area contributed by atoms with Crippen molar-refractivity contribution >= 4 is 6.29 Å². The number of hydrogen-bond donors (Lipinski definition) is 0. The molecule has 0 spiro atoms. The Morgan fingerprint density at radius 2 is 2.50 bits per heavy atom. The van der Waals surface area contributed by atoms with Crippen LogP contribution in [-0.2, 0) is 14.3 Å². The van der Waals surface area contributed by atoms with Crippen molar-refractivity contribution in [2.75, 3.05) is 19.8 Å². The Morgan fingerprint density at radius 1 is 1.75 bits per heavy atom. The summed E-state index contributed by atoms with van der Waals surface area (Å²) in [6.07, 6.45) is 2.70. The molecule has 2 atom stereocenters. The van der Waals surface area contributed by atoms with Gasteiger partial charge in [0.25, 0.3) is 0 Å². The van der Waals surface area contributed by atoms with E-state index in [0.717, 1.165) is 19.3 Å². The Morgan fingerprint density at radius 3 is 3.00 bits per heavy atom. The third-order valence-electron chi connectivity index (χ3n) is 1.90. The summed E-state index contributed by atoms with van der Waals surface area (Å²) in [5.41, 5.74) is 0. The molecular formula is C9H15O3. The fourth-order valence-electron chi connectivity index (χ4n) is 0.894. The molecule has 0 N–H and O–H groups in total. The average Bonchev–Trinajstić information content (AvgIpc) is 2.89. The zero-order valence-corrected chi connectivity index (χ0v) is 7.20. The normalized spacial score (nSPS) is 23.6. The highest BCUT2D eigenvalue weighted by Crippen LogP contribution is 2.10. The molecule has 1 heterocycles. The molecule has 69 valence electrons. The lowest BCUT2D eigenvalue weighted by Gasteiger charge is -2.06. The first-order valence-electron chi connectivity index (χ1n) is 4.30. The van der Waals surface area contributed by atoms with Gasteiger partial charge in [0.05, 0.1) is 13.2 Å². The quantitative estimate of drug-likeness (QED) is 0.323. The van der Waals surface area contributed by atoms with Crippen LogP contribution in [0.2, 0.25) is 0 Å². The molecule has 0 amide bonds. The van der Waals surface area contributed by atoms with E-state index in [2.05, 4.69) is 6.92 Å². The summed E-state index contributed by atoms with van der Waals surface area (Å²) >= 11 is 0. The van der Waals surface area contributed by atoms with E-state index >= 15 is 0 Å². The van der Waals surface area contributed by atoms with E-state index in [1.165, 1.54) is 0 Å². The minimum absolute atomic E-state index is 0.0603. The smallest absolute Gasteiger partial charge is 0.123 e. The van der Waals surface area contributed by atoms with Crippen molar-refractivity contribution < 1.29 is 14.3 Å². The van der Waals surface area contributed by atoms with Crippen LogP contribution in [0.15, 0.2) is 0 Å². The molecule has 1 aliphatic heterocycles. The highest BCUT2D eigenvalue weighted by atomic mass is 16.6. The van der Waals surface area contributed by atoms with Gasteiger partial charge in [-0.05, 0) is 12.8 Å². The second-order valence-corrected chi connectivity index (χ2v) is 3.00. The summed E-state index contributed by atoms with van der Waals surface area (Å²) in [5, 5.41) is 0. The van der Waals surface area contributed by atoms with Gasteiger partial charge < -0.3 is 14.3 Å². The van der Waals surface area contributed by atoms with Gasteiger partial charge in [0.2, 0.25) is 0 Å². The van der Waals surface area contributed by atoms with Gasteiger partial charge in [-0.3, -0.25) is 0 Å². The number of ether oxygens (including phenoxy) is 2. The monoisotopic (exact) mass is 171 g/mol. The van der Waals surface area contributed by atoms with Crippen LogP contribution in [0.3, 0.4) is 0 Å². The van der Waals surface area contributed by atoms with Gasteiger partial charge >= 0.3 is 0 Å². The Balaban J connectivity index is 1.88. The molecule has 0 aliphatic carbocycles. The molecule has 3 heteroatoms. The maximum atomic E-state index is 10.4. The molecule has 0 aromatic rings. The summed E-state index contributed by atoms with van der Waals surface area (Å²) in [7, 11) is 0. The van der Waals surface area contributed by atoms with Crippen molar-refractivity contribution in [2.45, 2.75) is 18.9 Å². The molecule has 0 aromatic heterocycles. The Labute approximate surface area is 73.0 Å². The molecule has 3 nitrogen and oxygen atoms in total. The van der Waals surface area contributed by atoms with E-state index in [0.29, 0.717) is 25.7 Å². The average molecular weight is 171 g/mol. The zero-order chi connectivity index (χ0) is 8.81. The van der Waals surface area contributed by atoms with Crippen molar-refractivity contribution in [3.63, 3.8) is 0 Å². The van der Waals surface area contributed by atoms with Crippen molar-refractivity contribution in [3.8, 4) is 0 Å². The maximum Gasteiger partial charge on any atom is 0.123 e. The Hall–Kier alpha value is -0.410. The summed E-state index contributed by atoms with van der Waals surface area (Å²) < 4.78 is 10.2. The predicted octanol–water partition coefficient (Wildman–Crippen LogP) is 0.831. The molecule has 1 saturated heterocycles. The Kier molecular flexibility index (Phi) is 4.25. The first-order chi connectivity index (χ1) is 5.86. The largest absolute Gasteiger partial charge is 0.379 e. The fourth-order valence-corrected chi connectivity index (χ4v) is 0.894. The van der Waals surface area contributed by atoms with E-state index in [1.54, 1.807) is 0 Å². The molecule has 0 aromatic carbocycles. The van der Waals surface area contributed by atoms with Crippen molar-refractivity contribution in [2.24, 2.45) is 5.92 Å². The van der Waals surface area contributed by atoms with Crippen LogP contribution in [0.5, 0.6) is 0 Å². The lowest BCUT2D eigenvalue weighted by molar-refractivity contribution is -0.111. The molecule has 0 saturated carbocycles. The van der Waals surface area contributed by atoms with Crippen molar-refractivity contribution in [1.82, 2.24) is 0 Å². The second kappa shape index (κ2) is 5.27. The number of aldehydes is 1. The van der Waals surface area contributed by atoms with E-state index < -0.39 is 0 Å². The summed E-state index contributed by atoms with van der Waals surface area (Å²) in [6, 6.07) is 0. The van der Waals surface area contributed by atoms with Gasteiger partial charge in [-0.2, -0.15) is 0 Å². The second-order valence-electron chi connectivity index (χ2n) is 3.00. The van der Waals surface area contributed by atoms with E-state index in [1.807, 2.05) is 0 Å². The molecule has 2 unspecified atom stereocenters. The molecule has 1 aliphatic rings. The maximum absolute atomic E-state index is 10.4. The van der Waals surface area contributed by atoms with E-state index in [4.69, 9.17) is 9.47 Å².